The van der Waals surface area contributed by atoms with Crippen LogP contribution >= 0.6 is 0 Å². The van der Waals surface area contributed by atoms with Crippen molar-refractivity contribution in [2.75, 3.05) is 33.5 Å². The first-order valence-corrected chi connectivity index (χ1v) is 8.74. The van der Waals surface area contributed by atoms with Gasteiger partial charge in [-0.15, -0.1) is 0 Å². The van der Waals surface area contributed by atoms with Crippen molar-refractivity contribution < 1.29 is 33.7 Å². The van der Waals surface area contributed by atoms with Crippen LogP contribution in [0, 0.1) is 0 Å². The van der Waals surface area contributed by atoms with Crippen molar-refractivity contribution >= 4 is 11.7 Å². The number of furan rings is 1. The molecule has 1 aromatic heterocycles. The highest BCUT2D eigenvalue weighted by atomic mass is 16.5. The van der Waals surface area contributed by atoms with Gasteiger partial charge in [-0.1, -0.05) is 18.2 Å². The maximum Gasteiger partial charge on any atom is 0.290 e. The number of carbonyl (C=O) groups excluding carboxylic acids is 2. The Balaban J connectivity index is 2.02. The Morgan fingerprint density at radius 2 is 2.00 bits per heavy atom. The van der Waals surface area contributed by atoms with Crippen LogP contribution in [0.15, 0.2) is 58.4 Å². The van der Waals surface area contributed by atoms with Crippen molar-refractivity contribution in [3.63, 3.8) is 0 Å². The highest BCUT2D eigenvalue weighted by Gasteiger charge is 2.45. The quantitative estimate of drug-likeness (QED) is 0.499. The number of aliphatic hydroxyl groups excluding tert-OH is 2. The summed E-state index contributed by atoms with van der Waals surface area (Å²) in [5.41, 5.74) is 0.478. The molecule has 2 aromatic rings. The molecule has 1 unspecified atom stereocenters. The number of hydrogen-bond acceptors (Lipinski definition) is 7. The van der Waals surface area contributed by atoms with E-state index in [-0.39, 0.29) is 37.7 Å². The summed E-state index contributed by atoms with van der Waals surface area (Å²) in [6.45, 7) is 0.225. The van der Waals surface area contributed by atoms with E-state index in [1.807, 2.05) is 0 Å². The topological polar surface area (TPSA) is 109 Å². The van der Waals surface area contributed by atoms with Crippen molar-refractivity contribution in [3.8, 4) is 5.75 Å². The summed E-state index contributed by atoms with van der Waals surface area (Å²) in [6.07, 6.45) is 1.35. The van der Waals surface area contributed by atoms with Gasteiger partial charge in [0.25, 0.3) is 5.91 Å². The lowest BCUT2D eigenvalue weighted by Gasteiger charge is -2.27. The molecular weight excluding hydrogens is 366 g/mol. The van der Waals surface area contributed by atoms with Crippen molar-refractivity contribution in [1.82, 2.24) is 4.90 Å². The van der Waals surface area contributed by atoms with Crippen LogP contribution in [-0.2, 0) is 9.53 Å². The second kappa shape index (κ2) is 8.73. The molecule has 3 rings (SSSR count). The predicted octanol–water partition coefficient (Wildman–Crippen LogP) is 1.88. The van der Waals surface area contributed by atoms with E-state index in [1.165, 1.54) is 24.3 Å². The van der Waals surface area contributed by atoms with Gasteiger partial charge >= 0.3 is 0 Å². The fourth-order valence-corrected chi connectivity index (χ4v) is 3.20. The van der Waals surface area contributed by atoms with E-state index < -0.39 is 23.5 Å². The Morgan fingerprint density at radius 3 is 2.68 bits per heavy atom. The lowest BCUT2D eigenvalue weighted by atomic mass is 9.94. The van der Waals surface area contributed by atoms with Gasteiger partial charge < -0.3 is 29.0 Å². The summed E-state index contributed by atoms with van der Waals surface area (Å²) in [5, 5.41) is 19.3. The Morgan fingerprint density at radius 1 is 1.21 bits per heavy atom. The van der Waals surface area contributed by atoms with Gasteiger partial charge in [-0.25, -0.2) is 0 Å². The largest absolute Gasteiger partial charge is 0.503 e. The Hall–Kier alpha value is -3.10. The van der Waals surface area contributed by atoms with Gasteiger partial charge in [0.1, 0.15) is 5.75 Å². The van der Waals surface area contributed by atoms with E-state index in [1.54, 1.807) is 30.3 Å². The van der Waals surface area contributed by atoms with Crippen LogP contribution in [-0.4, -0.2) is 60.3 Å². The number of aliphatic hydroxyl groups is 2. The normalized spacial score (nSPS) is 16.7. The van der Waals surface area contributed by atoms with Crippen LogP contribution < -0.4 is 4.74 Å². The smallest absolute Gasteiger partial charge is 0.290 e. The highest BCUT2D eigenvalue weighted by molar-refractivity contribution is 6.15. The number of ketones is 1. The van der Waals surface area contributed by atoms with Gasteiger partial charge in [0, 0.05) is 12.1 Å². The van der Waals surface area contributed by atoms with Crippen LogP contribution in [0.1, 0.15) is 22.2 Å². The number of carbonyl (C=O) groups is 2. The van der Waals surface area contributed by atoms with Crippen LogP contribution in [0.5, 0.6) is 5.75 Å². The van der Waals surface area contributed by atoms with Crippen LogP contribution in [0.3, 0.4) is 0 Å². The number of hydrogen-bond donors (Lipinski definition) is 2. The van der Waals surface area contributed by atoms with E-state index in [0.29, 0.717) is 11.3 Å². The minimum absolute atomic E-state index is 0.0210. The van der Waals surface area contributed by atoms with Crippen LogP contribution in [0.4, 0.5) is 0 Å². The first-order valence-electron chi connectivity index (χ1n) is 8.74. The van der Waals surface area contributed by atoms with Crippen molar-refractivity contribution in [1.29, 1.82) is 0 Å². The standard InChI is InChI=1S/C20H21NO7/c1-26-14-6-3-2-5-13(14)17-16(18(23)15-7-4-10-28-15)19(24)20(25)21(17)8-11-27-12-9-22/h2-7,10,17,22,24H,8-9,11-12H2,1H3. The third-order valence-electron chi connectivity index (χ3n) is 4.44. The van der Waals surface area contributed by atoms with Gasteiger partial charge in [0.15, 0.2) is 11.5 Å². The van der Waals surface area contributed by atoms with E-state index in [0.717, 1.165) is 0 Å². The maximum atomic E-state index is 13.0. The Labute approximate surface area is 161 Å². The molecule has 8 nitrogen and oxygen atoms in total. The summed E-state index contributed by atoms with van der Waals surface area (Å²) in [4.78, 5) is 27.0. The summed E-state index contributed by atoms with van der Waals surface area (Å²) in [6, 6.07) is 9.13. The third-order valence-corrected chi connectivity index (χ3v) is 4.44. The van der Waals surface area contributed by atoms with Crippen molar-refractivity contribution in [3.05, 3.63) is 65.3 Å². The van der Waals surface area contributed by atoms with E-state index in [2.05, 4.69) is 0 Å². The summed E-state index contributed by atoms with van der Waals surface area (Å²) in [5.74, 6) is -1.39. The molecule has 0 bridgehead atoms. The average molecular weight is 387 g/mol. The second-order valence-electron chi connectivity index (χ2n) is 6.05. The minimum atomic E-state index is -0.862. The zero-order valence-electron chi connectivity index (χ0n) is 15.3. The Bertz CT molecular complexity index is 872. The highest BCUT2D eigenvalue weighted by Crippen LogP contribution is 2.42. The van der Waals surface area contributed by atoms with E-state index in [9.17, 15) is 14.7 Å². The number of amides is 1. The van der Waals surface area contributed by atoms with Gasteiger partial charge in [-0.3, -0.25) is 9.59 Å². The molecule has 0 radical (unpaired) electrons. The zero-order chi connectivity index (χ0) is 20.1. The molecule has 1 atom stereocenters. The van der Waals surface area contributed by atoms with Gasteiger partial charge in [0.05, 0.1) is 44.8 Å². The molecule has 2 heterocycles. The van der Waals surface area contributed by atoms with Crippen molar-refractivity contribution in [2.24, 2.45) is 0 Å². The molecular formula is C20H21NO7. The molecule has 2 N–H and O–H groups in total. The first kappa shape index (κ1) is 19.7. The molecule has 8 heteroatoms. The first-order chi connectivity index (χ1) is 13.6. The van der Waals surface area contributed by atoms with E-state index in [4.69, 9.17) is 19.0 Å². The molecule has 0 saturated heterocycles. The molecule has 0 spiro atoms. The molecule has 0 saturated carbocycles. The van der Waals surface area contributed by atoms with Gasteiger partial charge in [-0.2, -0.15) is 0 Å². The number of para-hydroxylation sites is 1. The Kier molecular flexibility index (Phi) is 6.13. The molecule has 148 valence electrons. The summed E-state index contributed by atoms with van der Waals surface area (Å²) in [7, 11) is 1.49. The lowest BCUT2D eigenvalue weighted by molar-refractivity contribution is -0.130. The lowest BCUT2D eigenvalue weighted by Crippen LogP contribution is -2.34. The molecule has 1 aliphatic heterocycles. The molecule has 1 aliphatic rings. The number of rotatable bonds is 9. The fourth-order valence-electron chi connectivity index (χ4n) is 3.20. The molecule has 1 aromatic carbocycles. The van der Waals surface area contributed by atoms with Crippen LogP contribution in [0.25, 0.3) is 0 Å². The third kappa shape index (κ3) is 3.64. The number of methoxy groups -OCH3 is 1. The minimum Gasteiger partial charge on any atom is -0.503 e. The molecule has 28 heavy (non-hydrogen) atoms. The molecule has 1 amide bonds. The number of ether oxygens (including phenoxy) is 2. The van der Waals surface area contributed by atoms with Crippen molar-refractivity contribution in [2.45, 2.75) is 6.04 Å². The fraction of sp³-hybridized carbons (Fsp3) is 0.300. The zero-order valence-corrected chi connectivity index (χ0v) is 15.3. The number of nitrogens with zero attached hydrogens (tertiary/aromatic N) is 1. The molecule has 0 aliphatic carbocycles. The second-order valence-corrected chi connectivity index (χ2v) is 6.05. The predicted molar refractivity (Wildman–Crippen MR) is 98.0 cm³/mol. The SMILES string of the molecule is COc1ccccc1C1C(C(=O)c2ccco2)=C(O)C(=O)N1CCOCCO. The average Bonchev–Trinajstić information content (AvgIpc) is 3.33. The number of benzene rings is 1. The monoisotopic (exact) mass is 387 g/mol. The summed E-state index contributed by atoms with van der Waals surface area (Å²) < 4.78 is 15.8. The maximum absolute atomic E-state index is 13.0. The molecule has 0 fully saturated rings. The van der Waals surface area contributed by atoms with Gasteiger partial charge in [-0.05, 0) is 18.2 Å². The van der Waals surface area contributed by atoms with Crippen LogP contribution in [0.2, 0.25) is 0 Å². The van der Waals surface area contributed by atoms with E-state index >= 15 is 0 Å². The van der Waals surface area contributed by atoms with Gasteiger partial charge in [0.2, 0.25) is 5.78 Å². The number of Topliss-reactive ketones (excluding diaryl/α,β-unsaturated/α-hetero) is 1. The summed E-state index contributed by atoms with van der Waals surface area (Å²) >= 11 is 0.